The van der Waals surface area contributed by atoms with Crippen LogP contribution in [0.25, 0.3) is 0 Å². The molecule has 21 heavy (non-hydrogen) atoms. The highest BCUT2D eigenvalue weighted by Gasteiger charge is 2.16. The number of likely N-dealkylation sites (N-methyl/N-ethyl adjacent to an activating group) is 1. The topological polar surface area (TPSA) is 50.2 Å². The summed E-state index contributed by atoms with van der Waals surface area (Å²) in [5.41, 5.74) is 1.02. The van der Waals surface area contributed by atoms with Crippen molar-refractivity contribution >= 4 is 5.91 Å². The lowest BCUT2D eigenvalue weighted by atomic mass is 9.96. The molecule has 0 radical (unpaired) electrons. The Kier molecular flexibility index (Phi) is 6.23. The summed E-state index contributed by atoms with van der Waals surface area (Å²) in [5.74, 6) is 0.159. The van der Waals surface area contributed by atoms with Crippen molar-refractivity contribution in [1.29, 1.82) is 0 Å². The second-order valence-corrected chi connectivity index (χ2v) is 5.75. The number of rotatable bonds is 7. The van der Waals surface area contributed by atoms with Crippen LogP contribution in [0.4, 0.5) is 0 Å². The zero-order valence-electron chi connectivity index (χ0n) is 13.3. The second-order valence-electron chi connectivity index (χ2n) is 5.75. The van der Waals surface area contributed by atoms with E-state index < -0.39 is 0 Å². The lowest BCUT2D eigenvalue weighted by molar-refractivity contribution is -0.129. The molecule has 1 saturated carbocycles. The molecule has 0 bridgehead atoms. The fourth-order valence-electron chi connectivity index (χ4n) is 3.01. The van der Waals surface area contributed by atoms with Crippen LogP contribution in [-0.4, -0.2) is 40.2 Å². The third kappa shape index (κ3) is 4.56. The van der Waals surface area contributed by atoms with Crippen LogP contribution in [0, 0.1) is 0 Å². The van der Waals surface area contributed by atoms with Gasteiger partial charge in [-0.05, 0) is 32.8 Å². The Morgan fingerprint density at radius 1 is 1.33 bits per heavy atom. The summed E-state index contributed by atoms with van der Waals surface area (Å²) in [6.07, 6.45) is 8.57. The molecule has 1 aromatic rings. The van der Waals surface area contributed by atoms with Gasteiger partial charge in [0.25, 0.3) is 0 Å². The molecular weight excluding hydrogens is 264 g/mol. The first-order valence-electron chi connectivity index (χ1n) is 8.27. The van der Waals surface area contributed by atoms with Gasteiger partial charge in [-0.1, -0.05) is 19.3 Å². The van der Waals surface area contributed by atoms with Crippen molar-refractivity contribution in [3.8, 4) is 0 Å². The molecule has 5 nitrogen and oxygen atoms in total. The molecule has 0 aromatic carbocycles. The second kappa shape index (κ2) is 8.17. The first kappa shape index (κ1) is 16.0. The third-order valence-corrected chi connectivity index (χ3v) is 4.31. The predicted octanol–water partition coefficient (Wildman–Crippen LogP) is 2.35. The summed E-state index contributed by atoms with van der Waals surface area (Å²) < 4.78 is 2.11. The summed E-state index contributed by atoms with van der Waals surface area (Å²) in [4.78, 5) is 13.7. The SMILES string of the molecule is CCN(CC)C(=O)CNCc1ccn(C2CCCCC2)n1. The molecular formula is C16H28N4O. The van der Waals surface area contributed by atoms with Crippen LogP contribution in [-0.2, 0) is 11.3 Å². The monoisotopic (exact) mass is 292 g/mol. The van der Waals surface area contributed by atoms with Crippen LogP contribution in [0.15, 0.2) is 12.3 Å². The normalized spacial score (nSPS) is 16.1. The maximum atomic E-state index is 11.9. The Morgan fingerprint density at radius 3 is 2.71 bits per heavy atom. The minimum absolute atomic E-state index is 0.159. The molecule has 5 heteroatoms. The molecule has 1 heterocycles. The Labute approximate surface area is 127 Å². The van der Waals surface area contributed by atoms with E-state index in [1.54, 1.807) is 0 Å². The first-order chi connectivity index (χ1) is 10.2. The van der Waals surface area contributed by atoms with Crippen LogP contribution in [0.1, 0.15) is 57.7 Å². The standard InChI is InChI=1S/C16H28N4O/c1-3-19(4-2)16(21)13-17-12-14-10-11-20(18-14)15-8-6-5-7-9-15/h10-11,15,17H,3-9,12-13H2,1-2H3. The van der Waals surface area contributed by atoms with E-state index in [2.05, 4.69) is 27.4 Å². The zero-order valence-corrected chi connectivity index (χ0v) is 13.3. The molecule has 1 aliphatic rings. The lowest BCUT2D eigenvalue weighted by Gasteiger charge is -2.21. The molecule has 1 N–H and O–H groups in total. The van der Waals surface area contributed by atoms with Gasteiger partial charge in [0.1, 0.15) is 0 Å². The van der Waals surface area contributed by atoms with E-state index >= 15 is 0 Å². The van der Waals surface area contributed by atoms with Gasteiger partial charge in [0.15, 0.2) is 0 Å². The van der Waals surface area contributed by atoms with E-state index in [0.29, 0.717) is 19.1 Å². The van der Waals surface area contributed by atoms with Crippen molar-refractivity contribution in [2.75, 3.05) is 19.6 Å². The van der Waals surface area contributed by atoms with Crippen molar-refractivity contribution < 1.29 is 4.79 Å². The maximum absolute atomic E-state index is 11.9. The number of carbonyl (C=O) groups is 1. The van der Waals surface area contributed by atoms with E-state index in [-0.39, 0.29) is 5.91 Å². The van der Waals surface area contributed by atoms with Crippen LogP contribution >= 0.6 is 0 Å². The number of aromatic nitrogens is 2. The van der Waals surface area contributed by atoms with Crippen molar-refractivity contribution in [2.45, 2.75) is 58.5 Å². The summed E-state index contributed by atoms with van der Waals surface area (Å²) in [7, 11) is 0. The van der Waals surface area contributed by atoms with Gasteiger partial charge in [-0.25, -0.2) is 0 Å². The minimum Gasteiger partial charge on any atom is -0.342 e. The van der Waals surface area contributed by atoms with Crippen LogP contribution < -0.4 is 5.32 Å². The summed E-state index contributed by atoms with van der Waals surface area (Å²) in [6, 6.07) is 2.63. The molecule has 1 amide bonds. The molecule has 0 atom stereocenters. The highest BCUT2D eigenvalue weighted by molar-refractivity contribution is 5.78. The maximum Gasteiger partial charge on any atom is 0.236 e. The van der Waals surface area contributed by atoms with Crippen LogP contribution in [0.3, 0.4) is 0 Å². The highest BCUT2D eigenvalue weighted by atomic mass is 16.2. The molecule has 1 aromatic heterocycles. The fourth-order valence-corrected chi connectivity index (χ4v) is 3.01. The van der Waals surface area contributed by atoms with Gasteiger partial charge in [-0.3, -0.25) is 9.48 Å². The number of carbonyl (C=O) groups excluding carboxylic acids is 1. The molecule has 0 saturated heterocycles. The molecule has 1 fully saturated rings. The van der Waals surface area contributed by atoms with E-state index in [0.717, 1.165) is 18.8 Å². The van der Waals surface area contributed by atoms with Gasteiger partial charge in [0.05, 0.1) is 18.3 Å². The van der Waals surface area contributed by atoms with Crippen molar-refractivity contribution in [3.63, 3.8) is 0 Å². The first-order valence-corrected chi connectivity index (χ1v) is 8.27. The van der Waals surface area contributed by atoms with Crippen molar-refractivity contribution in [2.24, 2.45) is 0 Å². The van der Waals surface area contributed by atoms with E-state index in [4.69, 9.17) is 0 Å². The molecule has 0 unspecified atom stereocenters. The lowest BCUT2D eigenvalue weighted by Crippen LogP contribution is -2.37. The highest BCUT2D eigenvalue weighted by Crippen LogP contribution is 2.27. The van der Waals surface area contributed by atoms with Crippen molar-refractivity contribution in [3.05, 3.63) is 18.0 Å². The molecule has 1 aliphatic carbocycles. The molecule has 2 rings (SSSR count). The number of hydrogen-bond acceptors (Lipinski definition) is 3. The fraction of sp³-hybridized carbons (Fsp3) is 0.750. The molecule has 118 valence electrons. The third-order valence-electron chi connectivity index (χ3n) is 4.31. The van der Waals surface area contributed by atoms with E-state index in [1.165, 1.54) is 32.1 Å². The Morgan fingerprint density at radius 2 is 2.05 bits per heavy atom. The summed E-state index contributed by atoms with van der Waals surface area (Å²) in [5, 5.41) is 7.84. The van der Waals surface area contributed by atoms with Gasteiger partial charge in [-0.15, -0.1) is 0 Å². The molecule has 0 aliphatic heterocycles. The van der Waals surface area contributed by atoms with E-state index in [1.807, 2.05) is 18.7 Å². The van der Waals surface area contributed by atoms with Crippen LogP contribution in [0.5, 0.6) is 0 Å². The number of amides is 1. The minimum atomic E-state index is 0.159. The molecule has 0 spiro atoms. The van der Waals surface area contributed by atoms with Gasteiger partial charge >= 0.3 is 0 Å². The zero-order chi connectivity index (χ0) is 15.1. The smallest absolute Gasteiger partial charge is 0.236 e. The average molecular weight is 292 g/mol. The summed E-state index contributed by atoms with van der Waals surface area (Å²) in [6.45, 7) is 6.60. The number of nitrogens with zero attached hydrogens (tertiary/aromatic N) is 3. The predicted molar refractivity (Wildman–Crippen MR) is 84.0 cm³/mol. The Bertz CT molecular complexity index is 433. The van der Waals surface area contributed by atoms with Gasteiger partial charge in [-0.2, -0.15) is 5.10 Å². The Hall–Kier alpha value is -1.36. The quantitative estimate of drug-likeness (QED) is 0.839. The van der Waals surface area contributed by atoms with E-state index in [9.17, 15) is 4.79 Å². The van der Waals surface area contributed by atoms with Gasteiger partial charge in [0, 0.05) is 25.8 Å². The van der Waals surface area contributed by atoms with Gasteiger partial charge in [0.2, 0.25) is 5.91 Å². The van der Waals surface area contributed by atoms with Crippen LogP contribution in [0.2, 0.25) is 0 Å². The van der Waals surface area contributed by atoms with Crippen molar-refractivity contribution in [1.82, 2.24) is 20.0 Å². The average Bonchev–Trinajstić information content (AvgIpc) is 2.98. The largest absolute Gasteiger partial charge is 0.342 e. The Balaban J connectivity index is 1.76. The summed E-state index contributed by atoms with van der Waals surface area (Å²) >= 11 is 0. The number of hydrogen-bond donors (Lipinski definition) is 1. The number of nitrogens with one attached hydrogen (secondary N) is 1. The van der Waals surface area contributed by atoms with Gasteiger partial charge < -0.3 is 10.2 Å².